The molecule has 0 aliphatic heterocycles. The lowest BCUT2D eigenvalue weighted by atomic mass is 10.2. The standard InChI is InChI=1S/C15H12Cl2N4OS/c1-8-9(2)23-15(20-8)19-7-10(6-18)14(22)21-13-4-3-11(16)5-12(13)17/h3-5,7H,1-2H3,(H,19,20)(H,21,22)/b10-7-. The van der Waals surface area contributed by atoms with Crippen LogP contribution in [0, 0.1) is 25.2 Å². The normalized spacial score (nSPS) is 11.0. The van der Waals surface area contributed by atoms with Crippen molar-refractivity contribution < 1.29 is 4.79 Å². The first-order valence-corrected chi connectivity index (χ1v) is 8.05. The van der Waals surface area contributed by atoms with Gasteiger partial charge in [-0.05, 0) is 32.0 Å². The summed E-state index contributed by atoms with van der Waals surface area (Å²) in [4.78, 5) is 17.5. The number of carbonyl (C=O) groups excluding carboxylic acids is 1. The Bertz CT molecular complexity index is 804. The molecule has 5 nitrogen and oxygen atoms in total. The Labute approximate surface area is 147 Å². The van der Waals surface area contributed by atoms with Gasteiger partial charge >= 0.3 is 0 Å². The number of halogens is 2. The highest BCUT2D eigenvalue weighted by atomic mass is 35.5. The number of thiazole rings is 1. The maximum Gasteiger partial charge on any atom is 0.267 e. The van der Waals surface area contributed by atoms with Crippen molar-refractivity contribution in [2.75, 3.05) is 10.6 Å². The molecule has 8 heteroatoms. The smallest absolute Gasteiger partial charge is 0.267 e. The molecule has 23 heavy (non-hydrogen) atoms. The van der Waals surface area contributed by atoms with E-state index in [1.54, 1.807) is 12.1 Å². The van der Waals surface area contributed by atoms with Crippen molar-refractivity contribution in [3.8, 4) is 6.07 Å². The number of hydrogen-bond acceptors (Lipinski definition) is 5. The zero-order chi connectivity index (χ0) is 17.0. The summed E-state index contributed by atoms with van der Waals surface area (Å²) in [6.07, 6.45) is 1.32. The second-order valence-electron chi connectivity index (χ2n) is 4.55. The van der Waals surface area contributed by atoms with E-state index in [0.717, 1.165) is 10.6 Å². The minimum Gasteiger partial charge on any atom is -0.337 e. The molecule has 2 N–H and O–H groups in total. The fourth-order valence-corrected chi connectivity index (χ4v) is 2.84. The number of aromatic nitrogens is 1. The molecule has 1 aromatic heterocycles. The monoisotopic (exact) mass is 366 g/mol. The van der Waals surface area contributed by atoms with Crippen LogP contribution in [-0.2, 0) is 4.79 Å². The molecular formula is C15H12Cl2N4OS. The molecule has 0 fully saturated rings. The van der Waals surface area contributed by atoms with Crippen LogP contribution in [0.5, 0.6) is 0 Å². The molecule has 2 rings (SSSR count). The first kappa shape index (κ1) is 17.3. The molecule has 1 amide bonds. The summed E-state index contributed by atoms with van der Waals surface area (Å²) in [5, 5.41) is 15.9. The third-order valence-corrected chi connectivity index (χ3v) is 4.46. The van der Waals surface area contributed by atoms with Gasteiger partial charge in [-0.25, -0.2) is 4.98 Å². The lowest BCUT2D eigenvalue weighted by molar-refractivity contribution is -0.112. The van der Waals surface area contributed by atoms with E-state index in [9.17, 15) is 4.79 Å². The molecule has 0 unspecified atom stereocenters. The van der Waals surface area contributed by atoms with Gasteiger partial charge in [0.15, 0.2) is 5.13 Å². The van der Waals surface area contributed by atoms with Crippen LogP contribution in [0.4, 0.5) is 10.8 Å². The number of hydrogen-bond donors (Lipinski definition) is 2. The minimum atomic E-state index is -0.575. The van der Waals surface area contributed by atoms with Crippen molar-refractivity contribution in [3.63, 3.8) is 0 Å². The maximum absolute atomic E-state index is 12.1. The highest BCUT2D eigenvalue weighted by Crippen LogP contribution is 2.26. The molecule has 0 bridgehead atoms. The summed E-state index contributed by atoms with van der Waals surface area (Å²) < 4.78 is 0. The van der Waals surface area contributed by atoms with E-state index in [1.807, 2.05) is 19.9 Å². The second-order valence-corrected chi connectivity index (χ2v) is 6.60. The van der Waals surface area contributed by atoms with Crippen molar-refractivity contribution >= 4 is 51.3 Å². The summed E-state index contributed by atoms with van der Waals surface area (Å²) in [7, 11) is 0. The minimum absolute atomic E-state index is 0.0958. The Morgan fingerprint density at radius 3 is 2.70 bits per heavy atom. The molecule has 0 aliphatic rings. The fourth-order valence-electron chi connectivity index (χ4n) is 1.60. The Morgan fingerprint density at radius 1 is 1.39 bits per heavy atom. The van der Waals surface area contributed by atoms with Gasteiger partial charge in [-0.2, -0.15) is 5.26 Å². The first-order chi connectivity index (χ1) is 10.9. The SMILES string of the molecule is Cc1nc(N/C=C(/C#N)C(=O)Nc2ccc(Cl)cc2Cl)sc1C. The highest BCUT2D eigenvalue weighted by molar-refractivity contribution is 7.15. The van der Waals surface area contributed by atoms with E-state index in [-0.39, 0.29) is 5.57 Å². The van der Waals surface area contributed by atoms with Gasteiger partial charge in [0.05, 0.1) is 16.4 Å². The molecule has 1 heterocycles. The molecule has 0 atom stereocenters. The van der Waals surface area contributed by atoms with Gasteiger partial charge in [0.2, 0.25) is 0 Å². The van der Waals surface area contributed by atoms with Gasteiger partial charge in [-0.1, -0.05) is 23.2 Å². The van der Waals surface area contributed by atoms with Gasteiger partial charge < -0.3 is 10.6 Å². The summed E-state index contributed by atoms with van der Waals surface area (Å²) in [5.74, 6) is -0.575. The van der Waals surface area contributed by atoms with Crippen LogP contribution in [0.2, 0.25) is 10.0 Å². The van der Waals surface area contributed by atoms with Gasteiger partial charge in [-0.15, -0.1) is 11.3 Å². The highest BCUT2D eigenvalue weighted by Gasteiger charge is 2.12. The van der Waals surface area contributed by atoms with E-state index in [4.69, 9.17) is 28.5 Å². The van der Waals surface area contributed by atoms with E-state index in [2.05, 4.69) is 15.6 Å². The number of amides is 1. The molecule has 0 saturated heterocycles. The van der Waals surface area contributed by atoms with E-state index in [1.165, 1.54) is 23.6 Å². The summed E-state index contributed by atoms with van der Waals surface area (Å²) in [6.45, 7) is 3.84. The lowest BCUT2D eigenvalue weighted by Gasteiger charge is -2.06. The van der Waals surface area contributed by atoms with Crippen LogP contribution in [0.25, 0.3) is 0 Å². The van der Waals surface area contributed by atoms with E-state index >= 15 is 0 Å². The van der Waals surface area contributed by atoms with Crippen molar-refractivity contribution in [3.05, 3.63) is 50.6 Å². The Kier molecular flexibility index (Phi) is 5.61. The van der Waals surface area contributed by atoms with Crippen LogP contribution in [0.15, 0.2) is 30.0 Å². The molecule has 0 saturated carbocycles. The number of rotatable bonds is 4. The Hall–Kier alpha value is -2.07. The average molecular weight is 367 g/mol. The predicted molar refractivity (Wildman–Crippen MR) is 94.0 cm³/mol. The number of anilines is 2. The molecule has 1 aromatic carbocycles. The molecule has 2 aromatic rings. The van der Waals surface area contributed by atoms with Crippen LogP contribution >= 0.6 is 34.5 Å². The number of carbonyl (C=O) groups is 1. The van der Waals surface area contributed by atoms with Crippen molar-refractivity contribution in [1.29, 1.82) is 5.26 Å². The summed E-state index contributed by atoms with van der Waals surface area (Å²) >= 11 is 13.2. The Morgan fingerprint density at radius 2 is 2.13 bits per heavy atom. The summed E-state index contributed by atoms with van der Waals surface area (Å²) in [5.41, 5.74) is 1.19. The van der Waals surface area contributed by atoms with E-state index in [0.29, 0.717) is 20.9 Å². The molecule has 0 spiro atoms. The molecule has 0 aliphatic carbocycles. The van der Waals surface area contributed by atoms with Crippen LogP contribution in [-0.4, -0.2) is 10.9 Å². The quantitative estimate of drug-likeness (QED) is 0.615. The number of nitrogens with one attached hydrogen (secondary N) is 2. The fraction of sp³-hybridized carbons (Fsp3) is 0.133. The van der Waals surface area contributed by atoms with Gasteiger partial charge in [0, 0.05) is 16.1 Å². The number of benzene rings is 1. The Balaban J connectivity index is 2.12. The van der Waals surface area contributed by atoms with Gasteiger partial charge in [0.25, 0.3) is 5.91 Å². The average Bonchev–Trinajstić information content (AvgIpc) is 2.81. The zero-order valence-corrected chi connectivity index (χ0v) is 14.6. The van der Waals surface area contributed by atoms with Crippen molar-refractivity contribution in [2.24, 2.45) is 0 Å². The summed E-state index contributed by atoms with van der Waals surface area (Å²) in [6, 6.07) is 6.51. The lowest BCUT2D eigenvalue weighted by Crippen LogP contribution is -2.14. The largest absolute Gasteiger partial charge is 0.337 e. The third-order valence-electron chi connectivity index (χ3n) is 2.91. The molecule has 118 valence electrons. The number of nitriles is 1. The molecule has 0 radical (unpaired) electrons. The second kappa shape index (κ2) is 7.47. The first-order valence-electron chi connectivity index (χ1n) is 6.48. The van der Waals surface area contributed by atoms with Crippen LogP contribution in [0.3, 0.4) is 0 Å². The van der Waals surface area contributed by atoms with Crippen LogP contribution in [0.1, 0.15) is 10.6 Å². The van der Waals surface area contributed by atoms with Gasteiger partial charge in [0.1, 0.15) is 11.6 Å². The maximum atomic E-state index is 12.1. The predicted octanol–water partition coefficient (Wildman–Crippen LogP) is 4.52. The number of nitrogens with zero attached hydrogens (tertiary/aromatic N) is 2. The third kappa shape index (κ3) is 4.45. The van der Waals surface area contributed by atoms with Gasteiger partial charge in [-0.3, -0.25) is 4.79 Å². The topological polar surface area (TPSA) is 77.8 Å². The van der Waals surface area contributed by atoms with Crippen LogP contribution < -0.4 is 10.6 Å². The van der Waals surface area contributed by atoms with Crippen molar-refractivity contribution in [1.82, 2.24) is 4.98 Å². The zero-order valence-electron chi connectivity index (χ0n) is 12.3. The molecular weight excluding hydrogens is 355 g/mol. The van der Waals surface area contributed by atoms with E-state index < -0.39 is 5.91 Å². The van der Waals surface area contributed by atoms with Crippen molar-refractivity contribution in [2.45, 2.75) is 13.8 Å². The number of aryl methyl sites for hydroxylation is 2.